The zero-order valence-electron chi connectivity index (χ0n) is 8.96. The summed E-state index contributed by atoms with van der Waals surface area (Å²) in [4.78, 5) is 3.55. The second-order valence-electron chi connectivity index (χ2n) is 3.53. The van der Waals surface area contributed by atoms with Crippen LogP contribution >= 0.6 is 11.3 Å². The molecule has 0 bridgehead atoms. The lowest BCUT2D eigenvalue weighted by Gasteiger charge is -2.05. The van der Waals surface area contributed by atoms with Gasteiger partial charge in [-0.05, 0) is 17.7 Å². The summed E-state index contributed by atoms with van der Waals surface area (Å²) in [5, 5.41) is -0.954. The molecule has 7 heteroatoms. The number of nitrogens with two attached hydrogens (primary N) is 1. The van der Waals surface area contributed by atoms with E-state index in [0.29, 0.717) is 22.5 Å². The molecule has 0 aliphatic rings. The van der Waals surface area contributed by atoms with Crippen LogP contribution in [0.15, 0.2) is 24.4 Å². The quantitative estimate of drug-likeness (QED) is 0.853. The smallest absolute Gasteiger partial charge is 0.326 e. The van der Waals surface area contributed by atoms with Gasteiger partial charge in [0, 0.05) is 18.3 Å². The molecular formula is C11H8F4N2S. The summed E-state index contributed by atoms with van der Waals surface area (Å²) in [7, 11) is 0. The number of rotatable bonds is 2. The lowest BCUT2D eigenvalue weighted by Crippen LogP contribution is -2.02. The third-order valence-electron chi connectivity index (χ3n) is 2.31. The molecule has 0 radical (unpaired) electrons. The Morgan fingerprint density at radius 3 is 2.56 bits per heavy atom. The Morgan fingerprint density at radius 2 is 2.00 bits per heavy atom. The van der Waals surface area contributed by atoms with Crippen LogP contribution in [0.5, 0.6) is 0 Å². The van der Waals surface area contributed by atoms with Crippen molar-refractivity contribution in [1.29, 1.82) is 0 Å². The molecule has 1 aromatic heterocycles. The fourth-order valence-electron chi connectivity index (χ4n) is 1.49. The second kappa shape index (κ2) is 4.66. The highest BCUT2D eigenvalue weighted by atomic mass is 32.1. The molecular weight excluding hydrogens is 268 g/mol. The van der Waals surface area contributed by atoms with E-state index in [1.165, 1.54) is 12.1 Å². The molecule has 0 spiro atoms. The SMILES string of the molecule is NCc1ccc(F)cc1-c1cnc(C(F)(F)F)s1. The standard InChI is InChI=1S/C11H8F4N2S/c12-7-2-1-6(4-16)8(3-7)9-5-17-10(18-9)11(13,14)15/h1-3,5H,4,16H2. The number of hydrogen-bond donors (Lipinski definition) is 1. The van der Waals surface area contributed by atoms with Crippen LogP contribution in [0, 0.1) is 5.82 Å². The van der Waals surface area contributed by atoms with Gasteiger partial charge in [0.05, 0.1) is 4.88 Å². The molecule has 0 atom stereocenters. The maximum Gasteiger partial charge on any atom is 0.443 e. The minimum atomic E-state index is -4.49. The molecule has 96 valence electrons. The summed E-state index contributed by atoms with van der Waals surface area (Å²) in [5.41, 5.74) is 6.40. The van der Waals surface area contributed by atoms with Gasteiger partial charge in [0.2, 0.25) is 0 Å². The van der Waals surface area contributed by atoms with Crippen molar-refractivity contribution in [2.75, 3.05) is 0 Å². The van der Waals surface area contributed by atoms with Crippen molar-refractivity contribution in [3.05, 3.63) is 40.8 Å². The zero-order chi connectivity index (χ0) is 13.3. The molecule has 0 unspecified atom stereocenters. The molecule has 2 N–H and O–H groups in total. The largest absolute Gasteiger partial charge is 0.443 e. The average Bonchev–Trinajstić information content (AvgIpc) is 2.77. The van der Waals surface area contributed by atoms with Crippen LogP contribution in [0.1, 0.15) is 10.6 Å². The Bertz CT molecular complexity index is 562. The molecule has 2 rings (SSSR count). The first-order valence-electron chi connectivity index (χ1n) is 4.93. The molecule has 1 heterocycles. The van der Waals surface area contributed by atoms with E-state index in [-0.39, 0.29) is 11.4 Å². The topological polar surface area (TPSA) is 38.9 Å². The molecule has 1 aromatic carbocycles. The first-order chi connectivity index (χ1) is 8.41. The van der Waals surface area contributed by atoms with Crippen LogP contribution in [-0.4, -0.2) is 4.98 Å². The number of thiazole rings is 1. The third kappa shape index (κ3) is 2.51. The van der Waals surface area contributed by atoms with Crippen molar-refractivity contribution in [3.63, 3.8) is 0 Å². The highest BCUT2D eigenvalue weighted by molar-refractivity contribution is 7.15. The van der Waals surface area contributed by atoms with Crippen molar-refractivity contribution in [3.8, 4) is 10.4 Å². The minimum Gasteiger partial charge on any atom is -0.326 e. The van der Waals surface area contributed by atoms with Crippen molar-refractivity contribution in [2.24, 2.45) is 5.73 Å². The van der Waals surface area contributed by atoms with Gasteiger partial charge >= 0.3 is 6.18 Å². The Hall–Kier alpha value is -1.47. The molecule has 2 aromatic rings. The average molecular weight is 276 g/mol. The normalized spacial score (nSPS) is 11.8. The van der Waals surface area contributed by atoms with Gasteiger partial charge < -0.3 is 5.73 Å². The van der Waals surface area contributed by atoms with E-state index in [2.05, 4.69) is 4.98 Å². The van der Waals surface area contributed by atoms with E-state index in [1.54, 1.807) is 0 Å². The first-order valence-corrected chi connectivity index (χ1v) is 5.75. The van der Waals surface area contributed by atoms with Gasteiger partial charge in [-0.25, -0.2) is 9.37 Å². The van der Waals surface area contributed by atoms with Crippen molar-refractivity contribution in [2.45, 2.75) is 12.7 Å². The number of aromatic nitrogens is 1. The fourth-order valence-corrected chi connectivity index (χ4v) is 2.32. The number of nitrogens with zero attached hydrogens (tertiary/aromatic N) is 1. The van der Waals surface area contributed by atoms with E-state index in [9.17, 15) is 17.6 Å². The predicted octanol–water partition coefficient (Wildman–Crippen LogP) is 3.43. The van der Waals surface area contributed by atoms with Crippen molar-refractivity contribution in [1.82, 2.24) is 4.98 Å². The van der Waals surface area contributed by atoms with Crippen LogP contribution < -0.4 is 5.73 Å². The monoisotopic (exact) mass is 276 g/mol. The molecule has 0 amide bonds. The summed E-state index contributed by atoms with van der Waals surface area (Å²) in [6.07, 6.45) is -3.40. The van der Waals surface area contributed by atoms with Gasteiger partial charge in [-0.1, -0.05) is 6.07 Å². The van der Waals surface area contributed by atoms with Gasteiger partial charge in [-0.2, -0.15) is 13.2 Å². The summed E-state index contributed by atoms with van der Waals surface area (Å²) < 4.78 is 50.4. The fraction of sp³-hybridized carbons (Fsp3) is 0.182. The van der Waals surface area contributed by atoms with E-state index < -0.39 is 17.0 Å². The predicted molar refractivity (Wildman–Crippen MR) is 60.4 cm³/mol. The van der Waals surface area contributed by atoms with Crippen molar-refractivity contribution >= 4 is 11.3 Å². The highest BCUT2D eigenvalue weighted by Gasteiger charge is 2.34. The summed E-state index contributed by atoms with van der Waals surface area (Å²) in [6.45, 7) is 0.120. The number of alkyl halides is 3. The van der Waals surface area contributed by atoms with E-state index in [4.69, 9.17) is 5.73 Å². The maximum atomic E-state index is 13.1. The van der Waals surface area contributed by atoms with Crippen LogP contribution in [-0.2, 0) is 12.7 Å². The van der Waals surface area contributed by atoms with Crippen LogP contribution in [0.2, 0.25) is 0 Å². The number of benzene rings is 1. The van der Waals surface area contributed by atoms with Crippen molar-refractivity contribution < 1.29 is 17.6 Å². The summed E-state index contributed by atoms with van der Waals surface area (Å²) >= 11 is 0.473. The Kier molecular flexibility index (Phi) is 3.36. The Balaban J connectivity index is 2.49. The summed E-state index contributed by atoms with van der Waals surface area (Å²) in [6, 6.07) is 3.84. The first kappa shape index (κ1) is 13.0. The number of halogens is 4. The zero-order valence-corrected chi connectivity index (χ0v) is 9.78. The van der Waals surface area contributed by atoms with E-state index in [1.807, 2.05) is 0 Å². The molecule has 0 fully saturated rings. The van der Waals surface area contributed by atoms with Crippen LogP contribution in [0.25, 0.3) is 10.4 Å². The summed E-state index contributed by atoms with van der Waals surface area (Å²) in [5.74, 6) is -0.524. The lowest BCUT2D eigenvalue weighted by atomic mass is 10.1. The Labute approximate surface area is 104 Å². The van der Waals surface area contributed by atoms with Gasteiger partial charge in [0.1, 0.15) is 5.82 Å². The molecule has 0 saturated carbocycles. The number of hydrogen-bond acceptors (Lipinski definition) is 3. The van der Waals surface area contributed by atoms with Gasteiger partial charge in [0.25, 0.3) is 0 Å². The van der Waals surface area contributed by atoms with E-state index in [0.717, 1.165) is 12.3 Å². The molecule has 18 heavy (non-hydrogen) atoms. The third-order valence-corrected chi connectivity index (χ3v) is 3.38. The second-order valence-corrected chi connectivity index (χ2v) is 4.56. The molecule has 2 nitrogen and oxygen atoms in total. The van der Waals surface area contributed by atoms with Crippen LogP contribution in [0.4, 0.5) is 17.6 Å². The van der Waals surface area contributed by atoms with Gasteiger partial charge in [0.15, 0.2) is 5.01 Å². The minimum absolute atomic E-state index is 0.120. The Morgan fingerprint density at radius 1 is 1.28 bits per heavy atom. The highest BCUT2D eigenvalue weighted by Crippen LogP contribution is 2.37. The molecule has 0 aliphatic heterocycles. The molecule has 0 aliphatic carbocycles. The van der Waals surface area contributed by atoms with E-state index >= 15 is 0 Å². The van der Waals surface area contributed by atoms with Crippen LogP contribution in [0.3, 0.4) is 0 Å². The van der Waals surface area contributed by atoms with Gasteiger partial charge in [-0.3, -0.25) is 0 Å². The maximum absolute atomic E-state index is 13.1. The lowest BCUT2D eigenvalue weighted by molar-refractivity contribution is -0.137. The molecule has 0 saturated heterocycles. The van der Waals surface area contributed by atoms with Gasteiger partial charge in [-0.15, -0.1) is 11.3 Å².